The van der Waals surface area contributed by atoms with E-state index in [9.17, 15) is 0 Å². The monoisotopic (exact) mass is 352 g/mol. The number of methoxy groups -OCH3 is 1. The van der Waals surface area contributed by atoms with Gasteiger partial charge in [0.15, 0.2) is 5.01 Å². The van der Waals surface area contributed by atoms with Crippen LogP contribution in [0.3, 0.4) is 0 Å². The highest BCUT2D eigenvalue weighted by Crippen LogP contribution is 2.41. The first-order valence-electron chi connectivity index (χ1n) is 8.40. The van der Waals surface area contributed by atoms with E-state index < -0.39 is 0 Å². The van der Waals surface area contributed by atoms with E-state index in [1.807, 2.05) is 30.3 Å². The van der Waals surface area contributed by atoms with Crippen LogP contribution < -0.4 is 9.64 Å². The van der Waals surface area contributed by atoms with Crippen LogP contribution in [-0.4, -0.2) is 28.8 Å². The van der Waals surface area contributed by atoms with Gasteiger partial charge in [0.05, 0.1) is 13.2 Å². The molecule has 1 fully saturated rings. The molecule has 0 N–H and O–H groups in total. The van der Waals surface area contributed by atoms with Crippen LogP contribution in [0.5, 0.6) is 5.75 Å². The van der Waals surface area contributed by atoms with Crippen molar-refractivity contribution in [3.63, 3.8) is 0 Å². The number of hydrogen-bond acceptors (Lipinski definition) is 6. The Labute approximate surface area is 151 Å². The molecule has 0 spiro atoms. The molecule has 25 heavy (non-hydrogen) atoms. The van der Waals surface area contributed by atoms with E-state index in [4.69, 9.17) is 4.74 Å². The summed E-state index contributed by atoms with van der Waals surface area (Å²) in [5.41, 5.74) is 2.17. The van der Waals surface area contributed by atoms with E-state index in [-0.39, 0.29) is 0 Å². The SMILES string of the molecule is COc1ccc([C@H]2C[C@@H](C)CN2c2nnc(-c3ccccn3)s2)cc1. The standard InChI is InChI=1S/C19H20N4OS/c1-13-11-17(14-6-8-15(24-2)9-7-14)23(12-13)19-22-21-18(25-19)16-5-3-4-10-20-16/h3-10,13,17H,11-12H2,1-2H3/t13-,17-/m1/s1. The molecule has 1 aliphatic heterocycles. The second-order valence-electron chi connectivity index (χ2n) is 6.39. The summed E-state index contributed by atoms with van der Waals surface area (Å²) in [4.78, 5) is 6.75. The van der Waals surface area contributed by atoms with Crippen molar-refractivity contribution < 1.29 is 4.74 Å². The Morgan fingerprint density at radius 3 is 2.68 bits per heavy atom. The molecule has 3 aromatic rings. The van der Waals surface area contributed by atoms with Gasteiger partial charge >= 0.3 is 0 Å². The van der Waals surface area contributed by atoms with Gasteiger partial charge < -0.3 is 9.64 Å². The number of anilines is 1. The molecule has 2 aromatic heterocycles. The van der Waals surface area contributed by atoms with E-state index in [0.717, 1.165) is 34.5 Å². The van der Waals surface area contributed by atoms with Crippen LogP contribution in [0.2, 0.25) is 0 Å². The number of pyridine rings is 1. The molecule has 128 valence electrons. The molecule has 1 saturated heterocycles. The molecule has 0 unspecified atom stereocenters. The molecule has 0 bridgehead atoms. The van der Waals surface area contributed by atoms with Gasteiger partial charge in [0.25, 0.3) is 0 Å². The van der Waals surface area contributed by atoms with E-state index in [0.29, 0.717) is 12.0 Å². The van der Waals surface area contributed by atoms with Crippen LogP contribution >= 0.6 is 11.3 Å². The highest BCUT2D eigenvalue weighted by atomic mass is 32.1. The van der Waals surface area contributed by atoms with Crippen LogP contribution in [0, 0.1) is 5.92 Å². The van der Waals surface area contributed by atoms with Gasteiger partial charge in [0.2, 0.25) is 5.13 Å². The smallest absolute Gasteiger partial charge is 0.209 e. The zero-order valence-electron chi connectivity index (χ0n) is 14.3. The van der Waals surface area contributed by atoms with Crippen molar-refractivity contribution in [1.29, 1.82) is 0 Å². The molecular weight excluding hydrogens is 332 g/mol. The molecule has 1 aliphatic rings. The molecular formula is C19H20N4OS. The summed E-state index contributed by atoms with van der Waals surface area (Å²) in [5.74, 6) is 1.50. The maximum absolute atomic E-state index is 5.28. The number of benzene rings is 1. The Balaban J connectivity index is 1.62. The quantitative estimate of drug-likeness (QED) is 0.704. The first-order chi connectivity index (χ1) is 12.2. The Hall–Kier alpha value is -2.47. The van der Waals surface area contributed by atoms with Crippen molar-refractivity contribution in [2.75, 3.05) is 18.6 Å². The summed E-state index contributed by atoms with van der Waals surface area (Å²) in [7, 11) is 1.69. The number of ether oxygens (including phenoxy) is 1. The lowest BCUT2D eigenvalue weighted by Gasteiger charge is -2.24. The van der Waals surface area contributed by atoms with Crippen LogP contribution in [0.1, 0.15) is 24.9 Å². The van der Waals surface area contributed by atoms with Crippen molar-refractivity contribution in [1.82, 2.24) is 15.2 Å². The third-order valence-corrected chi connectivity index (χ3v) is 5.54. The summed E-state index contributed by atoms with van der Waals surface area (Å²) < 4.78 is 5.28. The maximum Gasteiger partial charge on any atom is 0.209 e. The molecule has 0 saturated carbocycles. The van der Waals surface area contributed by atoms with E-state index in [1.165, 1.54) is 5.56 Å². The van der Waals surface area contributed by atoms with Crippen LogP contribution in [0.25, 0.3) is 10.7 Å². The average molecular weight is 352 g/mol. The van der Waals surface area contributed by atoms with Crippen molar-refractivity contribution in [2.24, 2.45) is 5.92 Å². The Kier molecular flexibility index (Phi) is 4.36. The normalized spacial score (nSPS) is 20.0. The first-order valence-corrected chi connectivity index (χ1v) is 9.21. The van der Waals surface area contributed by atoms with Crippen molar-refractivity contribution in [3.05, 3.63) is 54.2 Å². The molecule has 6 heteroatoms. The van der Waals surface area contributed by atoms with Gasteiger partial charge in [-0.15, -0.1) is 10.2 Å². The predicted octanol–water partition coefficient (Wildman–Crippen LogP) is 4.20. The zero-order valence-corrected chi connectivity index (χ0v) is 15.1. The van der Waals surface area contributed by atoms with Crippen molar-refractivity contribution in [2.45, 2.75) is 19.4 Å². The fourth-order valence-electron chi connectivity index (χ4n) is 3.32. The topological polar surface area (TPSA) is 51.1 Å². The summed E-state index contributed by atoms with van der Waals surface area (Å²) in [5, 5.41) is 10.6. The lowest BCUT2D eigenvalue weighted by atomic mass is 10.0. The number of nitrogens with zero attached hydrogens (tertiary/aromatic N) is 4. The molecule has 2 atom stereocenters. The largest absolute Gasteiger partial charge is 0.497 e. The fourth-order valence-corrected chi connectivity index (χ4v) is 4.20. The second-order valence-corrected chi connectivity index (χ2v) is 7.34. The van der Waals surface area contributed by atoms with Gasteiger partial charge in [0.1, 0.15) is 11.4 Å². The lowest BCUT2D eigenvalue weighted by Crippen LogP contribution is -2.23. The lowest BCUT2D eigenvalue weighted by molar-refractivity contribution is 0.414. The molecule has 5 nitrogen and oxygen atoms in total. The molecule has 3 heterocycles. The van der Waals surface area contributed by atoms with Gasteiger partial charge in [-0.3, -0.25) is 4.98 Å². The molecule has 1 aromatic carbocycles. The predicted molar refractivity (Wildman–Crippen MR) is 100 cm³/mol. The Morgan fingerprint density at radius 1 is 1.12 bits per heavy atom. The fraction of sp³-hybridized carbons (Fsp3) is 0.316. The minimum Gasteiger partial charge on any atom is -0.497 e. The summed E-state index contributed by atoms with van der Waals surface area (Å²) in [6, 6.07) is 14.5. The molecule has 0 radical (unpaired) electrons. The van der Waals surface area contributed by atoms with Crippen molar-refractivity contribution in [3.8, 4) is 16.5 Å². The third kappa shape index (κ3) is 3.22. The van der Waals surface area contributed by atoms with E-state index in [1.54, 1.807) is 24.6 Å². The highest BCUT2D eigenvalue weighted by molar-refractivity contribution is 7.18. The summed E-state index contributed by atoms with van der Waals surface area (Å²) in [6.07, 6.45) is 2.90. The number of aromatic nitrogens is 3. The number of hydrogen-bond donors (Lipinski definition) is 0. The third-order valence-electron chi connectivity index (χ3n) is 4.55. The number of rotatable bonds is 4. The second kappa shape index (κ2) is 6.80. The van der Waals surface area contributed by atoms with Gasteiger partial charge in [-0.25, -0.2) is 0 Å². The van der Waals surface area contributed by atoms with Gasteiger partial charge in [-0.05, 0) is 42.2 Å². The van der Waals surface area contributed by atoms with Gasteiger partial charge in [-0.1, -0.05) is 36.5 Å². The zero-order chi connectivity index (χ0) is 17.2. The Morgan fingerprint density at radius 2 is 1.96 bits per heavy atom. The van der Waals surface area contributed by atoms with Crippen molar-refractivity contribution >= 4 is 16.5 Å². The minimum absolute atomic E-state index is 0.324. The van der Waals surface area contributed by atoms with Crippen LogP contribution in [0.15, 0.2) is 48.7 Å². The van der Waals surface area contributed by atoms with E-state index >= 15 is 0 Å². The Bertz CT molecular complexity index is 834. The van der Waals surface area contributed by atoms with E-state index in [2.05, 4.69) is 39.1 Å². The maximum atomic E-state index is 5.28. The highest BCUT2D eigenvalue weighted by Gasteiger charge is 2.33. The molecule has 4 rings (SSSR count). The summed E-state index contributed by atoms with van der Waals surface area (Å²) >= 11 is 1.61. The first kappa shape index (κ1) is 16.0. The molecule has 0 aliphatic carbocycles. The van der Waals surface area contributed by atoms with Crippen LogP contribution in [0.4, 0.5) is 5.13 Å². The average Bonchev–Trinajstić information content (AvgIpc) is 3.29. The van der Waals surface area contributed by atoms with Crippen LogP contribution in [-0.2, 0) is 0 Å². The summed E-state index contributed by atoms with van der Waals surface area (Å²) in [6.45, 7) is 3.28. The minimum atomic E-state index is 0.324. The van der Waals surface area contributed by atoms with Gasteiger partial charge in [0, 0.05) is 12.7 Å². The van der Waals surface area contributed by atoms with Gasteiger partial charge in [-0.2, -0.15) is 0 Å². The molecule has 0 amide bonds.